The smallest absolute Gasteiger partial charge is 0.342 e. The molecule has 11 nitrogen and oxygen atoms in total. The molecule has 1 aliphatic heterocycles. The zero-order valence-electron chi connectivity index (χ0n) is 11.6. The fourth-order valence-corrected chi connectivity index (χ4v) is 2.12. The number of aliphatic hydroxyl groups excluding tert-OH is 3. The van der Waals surface area contributed by atoms with Crippen molar-refractivity contribution >= 4 is 17.6 Å². The molecule has 1 aliphatic rings. The minimum atomic E-state index is -2.64. The molecule has 1 fully saturated rings. The van der Waals surface area contributed by atoms with Crippen LogP contribution < -0.4 is 5.32 Å². The molecule has 2 amide bonds. The number of nitroso groups, excluding NO2 is 1. The van der Waals surface area contributed by atoms with Crippen LogP contribution in [0.25, 0.3) is 0 Å². The van der Waals surface area contributed by atoms with Crippen LogP contribution in [-0.4, -0.2) is 87.9 Å². The number of methoxy groups -OCH3 is 1. The van der Waals surface area contributed by atoms with E-state index in [1.165, 1.54) is 0 Å². The first-order valence-corrected chi connectivity index (χ1v) is 6.75. The lowest BCUT2D eigenvalue weighted by molar-refractivity contribution is -0.332. The van der Waals surface area contributed by atoms with E-state index in [9.17, 15) is 25.0 Å². The number of alkyl halides is 1. The Kier molecular flexibility index (Phi) is 6.87. The molecule has 22 heavy (non-hydrogen) atoms. The van der Waals surface area contributed by atoms with Crippen molar-refractivity contribution in [3.63, 3.8) is 0 Å². The van der Waals surface area contributed by atoms with Crippen LogP contribution in [0.3, 0.4) is 0 Å². The number of aliphatic hydroxyl groups is 4. The Labute approximate surface area is 130 Å². The molecule has 0 aliphatic carbocycles. The van der Waals surface area contributed by atoms with Crippen LogP contribution in [0.4, 0.5) is 4.79 Å². The lowest BCUT2D eigenvalue weighted by Gasteiger charge is -2.47. The van der Waals surface area contributed by atoms with Gasteiger partial charge in [0.05, 0.1) is 18.4 Å². The van der Waals surface area contributed by atoms with Crippen molar-refractivity contribution < 1.29 is 34.7 Å². The summed E-state index contributed by atoms with van der Waals surface area (Å²) in [6.07, 6.45) is -6.57. The van der Waals surface area contributed by atoms with Crippen molar-refractivity contribution in [3.8, 4) is 0 Å². The average molecular weight is 344 g/mol. The number of carbonyl (C=O) groups is 1. The minimum Gasteiger partial charge on any atom is -0.394 e. The molecule has 0 aromatic carbocycles. The number of nitrogens with zero attached hydrogens (tertiary/aromatic N) is 2. The first-order chi connectivity index (χ1) is 10.3. The topological polar surface area (TPSA) is 161 Å². The van der Waals surface area contributed by atoms with Gasteiger partial charge >= 0.3 is 6.03 Å². The molecule has 1 rings (SSSR count). The number of ether oxygens (including phenoxy) is 2. The second-order valence-corrected chi connectivity index (χ2v) is 4.88. The van der Waals surface area contributed by atoms with Crippen LogP contribution in [0.2, 0.25) is 0 Å². The number of hydrogen-bond acceptors (Lipinski definition) is 9. The van der Waals surface area contributed by atoms with E-state index in [-0.39, 0.29) is 12.4 Å². The Balaban J connectivity index is 2.99. The van der Waals surface area contributed by atoms with Gasteiger partial charge in [0, 0.05) is 13.0 Å². The van der Waals surface area contributed by atoms with E-state index in [4.69, 9.17) is 26.2 Å². The summed E-state index contributed by atoms with van der Waals surface area (Å²) in [5.41, 5.74) is -2.64. The van der Waals surface area contributed by atoms with Crippen molar-refractivity contribution in [2.24, 2.45) is 5.29 Å². The molecule has 0 spiro atoms. The number of hydrogen-bond donors (Lipinski definition) is 5. The van der Waals surface area contributed by atoms with Crippen LogP contribution in [0.15, 0.2) is 5.29 Å². The fourth-order valence-electron chi connectivity index (χ4n) is 1.96. The zero-order chi connectivity index (χ0) is 16.9. The Morgan fingerprint density at radius 2 is 2.14 bits per heavy atom. The van der Waals surface area contributed by atoms with E-state index < -0.39 is 43.0 Å². The third-order valence-corrected chi connectivity index (χ3v) is 3.34. The Morgan fingerprint density at radius 1 is 1.50 bits per heavy atom. The van der Waals surface area contributed by atoms with E-state index in [0.29, 0.717) is 5.01 Å². The van der Waals surface area contributed by atoms with Crippen molar-refractivity contribution in [2.75, 3.05) is 26.1 Å². The maximum Gasteiger partial charge on any atom is 0.342 e. The summed E-state index contributed by atoms with van der Waals surface area (Å²) in [4.78, 5) is 22.4. The highest BCUT2D eigenvalue weighted by Crippen LogP contribution is 2.28. The monoisotopic (exact) mass is 343 g/mol. The lowest BCUT2D eigenvalue weighted by Crippen LogP contribution is -2.74. The molecule has 0 aromatic rings. The van der Waals surface area contributed by atoms with E-state index in [1.807, 2.05) is 5.32 Å². The van der Waals surface area contributed by atoms with Crippen LogP contribution >= 0.6 is 11.6 Å². The Hall–Kier alpha value is -1.08. The van der Waals surface area contributed by atoms with Gasteiger partial charge in [0.25, 0.3) is 0 Å². The number of nitrogens with one attached hydrogen (secondary N) is 1. The standard InChI is InChI=1S/C10H18ClN3O8/c1-21-8-7(17)10(19,6(16)5(4-15)22-8)12-9(18)14(13-20)3-2-11/h5-8,15-17,19H,2-4H2,1H3,(H,12,18)/t5-,6-,7+,8+,10-/m1/s1. The van der Waals surface area contributed by atoms with E-state index in [2.05, 4.69) is 5.29 Å². The SMILES string of the molecule is CO[C@H]1O[C@H](CO)[C@@H](O)[C@](O)(NC(=O)N(CCCl)N=O)[C@H]1O. The number of rotatable bonds is 6. The highest BCUT2D eigenvalue weighted by atomic mass is 35.5. The zero-order valence-corrected chi connectivity index (χ0v) is 12.4. The quantitative estimate of drug-likeness (QED) is 0.155. The van der Waals surface area contributed by atoms with Crippen LogP contribution in [0, 0.1) is 4.91 Å². The summed E-state index contributed by atoms with van der Waals surface area (Å²) in [5.74, 6) is -0.105. The number of urea groups is 1. The Morgan fingerprint density at radius 3 is 2.59 bits per heavy atom. The second-order valence-electron chi connectivity index (χ2n) is 4.50. The third kappa shape index (κ3) is 3.63. The maximum atomic E-state index is 11.9. The fraction of sp³-hybridized carbons (Fsp3) is 0.900. The van der Waals surface area contributed by atoms with E-state index in [1.54, 1.807) is 0 Å². The molecule has 0 saturated carbocycles. The van der Waals surface area contributed by atoms with Crippen LogP contribution in [0.5, 0.6) is 0 Å². The van der Waals surface area contributed by atoms with Gasteiger partial charge in [-0.1, -0.05) is 0 Å². The van der Waals surface area contributed by atoms with Crippen molar-refractivity contribution in [3.05, 3.63) is 4.91 Å². The summed E-state index contributed by atoms with van der Waals surface area (Å²) in [6, 6.07) is -1.20. The molecule has 1 saturated heterocycles. The summed E-state index contributed by atoms with van der Waals surface area (Å²) < 4.78 is 9.79. The van der Waals surface area contributed by atoms with Gasteiger partial charge in [0.1, 0.15) is 12.2 Å². The van der Waals surface area contributed by atoms with E-state index in [0.717, 1.165) is 7.11 Å². The van der Waals surface area contributed by atoms with Gasteiger partial charge < -0.3 is 35.2 Å². The minimum absolute atomic E-state index is 0.105. The van der Waals surface area contributed by atoms with Gasteiger partial charge in [0.2, 0.25) is 0 Å². The summed E-state index contributed by atoms with van der Waals surface area (Å²) in [6.45, 7) is -0.976. The Bertz CT molecular complexity index is 384. The van der Waals surface area contributed by atoms with Crippen molar-refractivity contribution in [2.45, 2.75) is 30.3 Å². The third-order valence-electron chi connectivity index (χ3n) is 3.17. The first-order valence-electron chi connectivity index (χ1n) is 6.22. The van der Waals surface area contributed by atoms with Crippen LogP contribution in [0.1, 0.15) is 0 Å². The van der Waals surface area contributed by atoms with Gasteiger partial charge in [0.15, 0.2) is 18.1 Å². The predicted molar refractivity (Wildman–Crippen MR) is 71.5 cm³/mol. The molecule has 12 heteroatoms. The van der Waals surface area contributed by atoms with Gasteiger partial charge in [-0.3, -0.25) is 0 Å². The van der Waals surface area contributed by atoms with Crippen molar-refractivity contribution in [1.29, 1.82) is 0 Å². The lowest BCUT2D eigenvalue weighted by atomic mass is 9.92. The molecular weight excluding hydrogens is 326 g/mol. The molecule has 0 unspecified atom stereocenters. The predicted octanol–water partition coefficient (Wildman–Crippen LogP) is -2.31. The molecule has 128 valence electrons. The maximum absolute atomic E-state index is 11.9. The molecule has 5 atom stereocenters. The number of amides is 2. The van der Waals surface area contributed by atoms with Gasteiger partial charge in [-0.2, -0.15) is 5.01 Å². The number of carbonyl (C=O) groups excluding carboxylic acids is 1. The van der Waals surface area contributed by atoms with Crippen molar-refractivity contribution in [1.82, 2.24) is 10.3 Å². The highest BCUT2D eigenvalue weighted by Gasteiger charge is 2.56. The molecule has 0 bridgehead atoms. The largest absolute Gasteiger partial charge is 0.394 e. The molecule has 0 aromatic heterocycles. The first kappa shape index (κ1) is 19.0. The highest BCUT2D eigenvalue weighted by molar-refractivity contribution is 6.18. The van der Waals surface area contributed by atoms with E-state index >= 15 is 0 Å². The average Bonchev–Trinajstić information content (AvgIpc) is 2.51. The number of halogens is 1. The summed E-state index contributed by atoms with van der Waals surface area (Å²) >= 11 is 5.39. The summed E-state index contributed by atoms with van der Waals surface area (Å²) in [5, 5.41) is 44.1. The molecule has 1 heterocycles. The van der Waals surface area contributed by atoms with Gasteiger partial charge in [-0.15, -0.1) is 16.5 Å². The normalized spacial score (nSPS) is 35.0. The van der Waals surface area contributed by atoms with Gasteiger partial charge in [-0.25, -0.2) is 4.79 Å². The van der Waals surface area contributed by atoms with Crippen LogP contribution in [-0.2, 0) is 9.47 Å². The molecular formula is C10H18ClN3O8. The molecule has 5 N–H and O–H groups in total. The van der Waals surface area contributed by atoms with Gasteiger partial charge in [-0.05, 0) is 0 Å². The summed E-state index contributed by atoms with van der Waals surface area (Å²) in [7, 11) is 1.15. The second kappa shape index (κ2) is 7.97. The molecule has 0 radical (unpaired) electrons.